The summed E-state index contributed by atoms with van der Waals surface area (Å²) in [5.74, 6) is 0. The number of aryl methyl sites for hydroxylation is 1. The fraction of sp³-hybridized carbons (Fsp3) is 0.615. The van der Waals surface area contributed by atoms with Crippen LogP contribution in [0, 0.1) is 0 Å². The van der Waals surface area contributed by atoms with Gasteiger partial charge in [0.1, 0.15) is 6.10 Å². The zero-order valence-electron chi connectivity index (χ0n) is 9.89. The van der Waals surface area contributed by atoms with Crippen molar-refractivity contribution in [1.82, 2.24) is 9.78 Å². The Bertz CT molecular complexity index is 368. The van der Waals surface area contributed by atoms with Gasteiger partial charge in [-0.05, 0) is 37.7 Å². The molecule has 1 aliphatic rings. The van der Waals surface area contributed by atoms with Crippen molar-refractivity contribution in [3.05, 3.63) is 29.6 Å². The lowest BCUT2D eigenvalue weighted by atomic mass is 9.93. The van der Waals surface area contributed by atoms with E-state index in [1.807, 2.05) is 10.9 Å². The van der Waals surface area contributed by atoms with E-state index in [0.717, 1.165) is 31.4 Å². The maximum atomic E-state index is 10.2. The third kappa shape index (κ3) is 2.53. The quantitative estimate of drug-likeness (QED) is 0.792. The normalized spacial score (nSPS) is 18.2. The van der Waals surface area contributed by atoms with Gasteiger partial charge in [0.05, 0.1) is 6.20 Å². The van der Waals surface area contributed by atoms with Crippen molar-refractivity contribution in [2.45, 2.75) is 51.7 Å². The molecule has 0 fully saturated rings. The van der Waals surface area contributed by atoms with Crippen LogP contribution in [0.2, 0.25) is 0 Å². The first-order valence-electron chi connectivity index (χ1n) is 6.20. The summed E-state index contributed by atoms with van der Waals surface area (Å²) < 4.78 is 1.90. The van der Waals surface area contributed by atoms with Gasteiger partial charge in [-0.3, -0.25) is 4.68 Å². The molecule has 0 aliphatic heterocycles. The highest BCUT2D eigenvalue weighted by molar-refractivity contribution is 5.22. The summed E-state index contributed by atoms with van der Waals surface area (Å²) in [6.45, 7) is 3.05. The second-order valence-corrected chi connectivity index (χ2v) is 4.46. The molecular formula is C13H20N2O. The summed E-state index contributed by atoms with van der Waals surface area (Å²) >= 11 is 0. The van der Waals surface area contributed by atoms with Crippen LogP contribution in [0.3, 0.4) is 0 Å². The molecule has 3 heteroatoms. The Morgan fingerprint density at radius 2 is 2.38 bits per heavy atom. The molecule has 16 heavy (non-hydrogen) atoms. The van der Waals surface area contributed by atoms with Crippen LogP contribution in [-0.4, -0.2) is 14.9 Å². The number of nitrogens with zero attached hydrogens (tertiary/aromatic N) is 2. The number of hydrogen-bond donors (Lipinski definition) is 1. The van der Waals surface area contributed by atoms with Crippen LogP contribution in [0.5, 0.6) is 0 Å². The monoisotopic (exact) mass is 220 g/mol. The van der Waals surface area contributed by atoms with E-state index < -0.39 is 6.10 Å². The van der Waals surface area contributed by atoms with Crippen molar-refractivity contribution in [2.24, 2.45) is 0 Å². The topological polar surface area (TPSA) is 38.0 Å². The van der Waals surface area contributed by atoms with Gasteiger partial charge in [0.15, 0.2) is 0 Å². The molecule has 1 unspecified atom stereocenters. The molecule has 0 radical (unpaired) electrons. The van der Waals surface area contributed by atoms with Crippen LogP contribution in [0.15, 0.2) is 24.0 Å². The van der Waals surface area contributed by atoms with E-state index in [1.54, 1.807) is 6.20 Å². The van der Waals surface area contributed by atoms with E-state index >= 15 is 0 Å². The number of allylic oxidation sites excluding steroid dienone is 1. The summed E-state index contributed by atoms with van der Waals surface area (Å²) in [5, 5.41) is 14.5. The Labute approximate surface area is 96.8 Å². The molecule has 1 heterocycles. The Morgan fingerprint density at radius 1 is 1.50 bits per heavy atom. The first-order chi connectivity index (χ1) is 7.81. The SMILES string of the molecule is CCCn1cc(C(O)C2=CCCCC2)cn1. The van der Waals surface area contributed by atoms with Crippen LogP contribution in [0.1, 0.15) is 50.7 Å². The molecule has 1 aliphatic carbocycles. The predicted molar refractivity (Wildman–Crippen MR) is 64.0 cm³/mol. The first-order valence-corrected chi connectivity index (χ1v) is 6.20. The molecule has 1 N–H and O–H groups in total. The van der Waals surface area contributed by atoms with E-state index in [1.165, 1.54) is 18.4 Å². The van der Waals surface area contributed by atoms with Gasteiger partial charge in [-0.2, -0.15) is 5.10 Å². The van der Waals surface area contributed by atoms with Crippen LogP contribution < -0.4 is 0 Å². The number of aliphatic hydroxyl groups excluding tert-OH is 1. The first kappa shape index (κ1) is 11.4. The van der Waals surface area contributed by atoms with Crippen molar-refractivity contribution in [2.75, 3.05) is 0 Å². The highest BCUT2D eigenvalue weighted by Gasteiger charge is 2.16. The molecule has 0 spiro atoms. The van der Waals surface area contributed by atoms with Gasteiger partial charge in [-0.15, -0.1) is 0 Å². The van der Waals surface area contributed by atoms with Crippen LogP contribution in [0.25, 0.3) is 0 Å². The van der Waals surface area contributed by atoms with E-state index in [9.17, 15) is 5.11 Å². The molecule has 0 aromatic carbocycles. The summed E-state index contributed by atoms with van der Waals surface area (Å²) in [5.41, 5.74) is 2.10. The number of aliphatic hydroxyl groups is 1. The highest BCUT2D eigenvalue weighted by Crippen LogP contribution is 2.29. The highest BCUT2D eigenvalue weighted by atomic mass is 16.3. The van der Waals surface area contributed by atoms with Gasteiger partial charge in [0.2, 0.25) is 0 Å². The van der Waals surface area contributed by atoms with Crippen LogP contribution in [-0.2, 0) is 6.54 Å². The fourth-order valence-electron chi connectivity index (χ4n) is 2.20. The molecule has 1 aromatic rings. The Balaban J connectivity index is 2.07. The molecule has 0 bridgehead atoms. The molecule has 0 saturated carbocycles. The minimum Gasteiger partial charge on any atom is -0.384 e. The van der Waals surface area contributed by atoms with Gasteiger partial charge in [-0.1, -0.05) is 13.0 Å². The van der Waals surface area contributed by atoms with Gasteiger partial charge in [0, 0.05) is 18.3 Å². The molecule has 3 nitrogen and oxygen atoms in total. The third-order valence-corrected chi connectivity index (χ3v) is 3.10. The minimum atomic E-state index is -0.439. The second kappa shape index (κ2) is 5.30. The van der Waals surface area contributed by atoms with Crippen molar-refractivity contribution >= 4 is 0 Å². The van der Waals surface area contributed by atoms with Crippen LogP contribution >= 0.6 is 0 Å². The molecule has 1 atom stereocenters. The number of rotatable bonds is 4. The molecular weight excluding hydrogens is 200 g/mol. The summed E-state index contributed by atoms with van der Waals surface area (Å²) in [6, 6.07) is 0. The van der Waals surface area contributed by atoms with Crippen molar-refractivity contribution in [1.29, 1.82) is 0 Å². The average molecular weight is 220 g/mol. The molecule has 0 saturated heterocycles. The third-order valence-electron chi connectivity index (χ3n) is 3.10. The Kier molecular flexibility index (Phi) is 3.78. The van der Waals surface area contributed by atoms with E-state index in [2.05, 4.69) is 18.1 Å². The average Bonchev–Trinajstić information content (AvgIpc) is 2.78. The minimum absolute atomic E-state index is 0.439. The van der Waals surface area contributed by atoms with E-state index in [-0.39, 0.29) is 0 Å². The van der Waals surface area contributed by atoms with Gasteiger partial charge in [0.25, 0.3) is 0 Å². The van der Waals surface area contributed by atoms with Gasteiger partial charge < -0.3 is 5.11 Å². The summed E-state index contributed by atoms with van der Waals surface area (Å²) in [4.78, 5) is 0. The van der Waals surface area contributed by atoms with Gasteiger partial charge >= 0.3 is 0 Å². The molecule has 2 rings (SSSR count). The van der Waals surface area contributed by atoms with Crippen molar-refractivity contribution in [3.63, 3.8) is 0 Å². The lowest BCUT2D eigenvalue weighted by molar-refractivity contribution is 0.208. The number of aromatic nitrogens is 2. The van der Waals surface area contributed by atoms with E-state index in [0.29, 0.717) is 0 Å². The zero-order valence-corrected chi connectivity index (χ0v) is 9.89. The predicted octanol–water partition coefficient (Wildman–Crippen LogP) is 2.83. The van der Waals surface area contributed by atoms with E-state index in [4.69, 9.17) is 0 Å². The fourth-order valence-corrected chi connectivity index (χ4v) is 2.20. The number of hydrogen-bond acceptors (Lipinski definition) is 2. The molecule has 0 amide bonds. The second-order valence-electron chi connectivity index (χ2n) is 4.46. The Hall–Kier alpha value is -1.09. The maximum absolute atomic E-state index is 10.2. The maximum Gasteiger partial charge on any atom is 0.103 e. The van der Waals surface area contributed by atoms with Crippen molar-refractivity contribution in [3.8, 4) is 0 Å². The van der Waals surface area contributed by atoms with Gasteiger partial charge in [-0.25, -0.2) is 0 Å². The van der Waals surface area contributed by atoms with Crippen molar-refractivity contribution < 1.29 is 5.11 Å². The standard InChI is InChI=1S/C13H20N2O/c1-2-8-15-10-12(9-14-15)13(16)11-6-4-3-5-7-11/h6,9-10,13,16H,2-5,7-8H2,1H3. The molecule has 1 aromatic heterocycles. The summed E-state index contributed by atoms with van der Waals surface area (Å²) in [7, 11) is 0. The van der Waals surface area contributed by atoms with Crippen LogP contribution in [0.4, 0.5) is 0 Å². The Morgan fingerprint density at radius 3 is 3.06 bits per heavy atom. The summed E-state index contributed by atoms with van der Waals surface area (Å²) in [6.07, 6.45) is 11.2. The lowest BCUT2D eigenvalue weighted by Crippen LogP contribution is -2.04. The largest absolute Gasteiger partial charge is 0.384 e. The smallest absolute Gasteiger partial charge is 0.103 e. The zero-order chi connectivity index (χ0) is 11.4. The lowest BCUT2D eigenvalue weighted by Gasteiger charge is -2.17. The molecule has 88 valence electrons.